The first-order valence-corrected chi connectivity index (χ1v) is 3.95. The topological polar surface area (TPSA) is 58.4 Å². The fourth-order valence-electron chi connectivity index (χ4n) is 0.486. The fourth-order valence-corrected chi connectivity index (χ4v) is 1.24. The summed E-state index contributed by atoms with van der Waals surface area (Å²) in [4.78, 5) is 13.3. The van der Waals surface area contributed by atoms with Gasteiger partial charge in [0.1, 0.15) is 0 Å². The molecule has 0 aromatic carbocycles. The number of nitrogens with zero attached hydrogens (tertiary/aromatic N) is 1. The first kappa shape index (κ1) is 7.77. The van der Waals surface area contributed by atoms with E-state index in [2.05, 4.69) is 17.5 Å². The Kier molecular flexibility index (Phi) is 2.47. The Labute approximate surface area is 68.3 Å². The van der Waals surface area contributed by atoms with Crippen LogP contribution in [0.4, 0.5) is 0 Å². The lowest BCUT2D eigenvalue weighted by Crippen LogP contribution is -2.41. The molecule has 56 valence electrons. The highest BCUT2D eigenvalue weighted by molar-refractivity contribution is 8.00. The monoisotopic (exact) mass is 177 g/mol. The lowest BCUT2D eigenvalue weighted by Gasteiger charge is -2.18. The van der Waals surface area contributed by atoms with Crippen molar-refractivity contribution in [1.29, 1.82) is 0 Å². The molecule has 0 aromatic rings. The Bertz CT molecular complexity index is 172. The minimum absolute atomic E-state index is 0.469. The maximum absolute atomic E-state index is 10.5. The lowest BCUT2D eigenvalue weighted by molar-refractivity contribution is -0.119. The van der Waals surface area contributed by atoms with Crippen LogP contribution in [0, 0.1) is 0 Å². The molecule has 1 aliphatic rings. The number of hydrogen-bond donors (Lipinski definition) is 3. The number of nitrogens with two attached hydrogens (primary N) is 1. The number of nitrogens with one attached hydrogen (secondary N) is 1. The van der Waals surface area contributed by atoms with E-state index in [9.17, 15) is 4.79 Å². The van der Waals surface area contributed by atoms with Gasteiger partial charge in [0, 0.05) is 11.6 Å². The van der Waals surface area contributed by atoms with Gasteiger partial charge < -0.3 is 5.73 Å². The van der Waals surface area contributed by atoms with Crippen molar-refractivity contribution < 1.29 is 4.79 Å². The van der Waals surface area contributed by atoms with Crippen molar-refractivity contribution in [3.05, 3.63) is 11.6 Å². The van der Waals surface area contributed by atoms with Gasteiger partial charge in [-0.05, 0) is 11.9 Å². The van der Waals surface area contributed by atoms with Crippen LogP contribution < -0.4 is 10.6 Å². The molecule has 0 fully saturated rings. The Morgan fingerprint density at radius 2 is 2.60 bits per heavy atom. The predicted octanol–water partition coefficient (Wildman–Crippen LogP) is -0.333. The van der Waals surface area contributed by atoms with Crippen molar-refractivity contribution in [3.8, 4) is 0 Å². The number of hydrogen-bond acceptors (Lipinski definition) is 5. The second-order valence-corrected chi connectivity index (χ2v) is 2.86. The lowest BCUT2D eigenvalue weighted by atomic mass is 10.6. The molecule has 1 unspecified atom stereocenters. The average molecular weight is 177 g/mol. The summed E-state index contributed by atoms with van der Waals surface area (Å²) in [6, 6.07) is 0. The first-order chi connectivity index (χ1) is 4.72. The van der Waals surface area contributed by atoms with E-state index in [-0.39, 0.29) is 0 Å². The third-order valence-electron chi connectivity index (χ3n) is 0.966. The van der Waals surface area contributed by atoms with E-state index in [4.69, 9.17) is 5.73 Å². The molecule has 0 saturated heterocycles. The second kappa shape index (κ2) is 3.18. The number of primary amides is 1. The summed E-state index contributed by atoms with van der Waals surface area (Å²) >= 11 is 5.31. The van der Waals surface area contributed by atoms with Crippen LogP contribution in [0.3, 0.4) is 0 Å². The Hall–Kier alpha value is -0.330. The first-order valence-electron chi connectivity index (χ1n) is 2.55. The largest absolute Gasteiger partial charge is 0.367 e. The van der Waals surface area contributed by atoms with E-state index in [0.717, 1.165) is 0 Å². The molecule has 0 aliphatic carbocycles. The summed E-state index contributed by atoms with van der Waals surface area (Å²) in [6.07, 6.45) is 1.70. The van der Waals surface area contributed by atoms with Crippen LogP contribution in [0.25, 0.3) is 0 Å². The van der Waals surface area contributed by atoms with E-state index in [1.807, 2.05) is 0 Å². The zero-order valence-corrected chi connectivity index (χ0v) is 6.73. The molecule has 1 heterocycles. The fraction of sp³-hybridized carbons (Fsp3) is 0.250. The summed E-state index contributed by atoms with van der Waals surface area (Å²) in [5.74, 6) is -0.469. The average Bonchev–Trinajstić information content (AvgIpc) is 2.36. The summed E-state index contributed by atoms with van der Waals surface area (Å²) in [7, 11) is 0. The van der Waals surface area contributed by atoms with Crippen LogP contribution in [0.1, 0.15) is 0 Å². The van der Waals surface area contributed by atoms with Gasteiger partial charge in [0.25, 0.3) is 5.91 Å². The number of hydrazine groups is 1. The number of carbonyl (C=O) groups is 1. The van der Waals surface area contributed by atoms with Gasteiger partial charge in [-0.25, -0.2) is 0 Å². The highest BCUT2D eigenvalue weighted by atomic mass is 32.2. The van der Waals surface area contributed by atoms with Gasteiger partial charge >= 0.3 is 0 Å². The van der Waals surface area contributed by atoms with Crippen LogP contribution >= 0.6 is 24.6 Å². The maximum Gasteiger partial charge on any atom is 0.251 e. The van der Waals surface area contributed by atoms with Gasteiger partial charge in [-0.15, -0.1) is 12.6 Å². The summed E-state index contributed by atoms with van der Waals surface area (Å²) < 4.78 is 0. The van der Waals surface area contributed by atoms with Gasteiger partial charge in [0.15, 0.2) is 5.37 Å². The normalized spacial score (nSPS) is 19.5. The molecular weight excluding hydrogens is 170 g/mol. The highest BCUT2D eigenvalue weighted by Crippen LogP contribution is 2.12. The zero-order valence-electron chi connectivity index (χ0n) is 5.02. The van der Waals surface area contributed by atoms with Crippen LogP contribution in [0.2, 0.25) is 0 Å². The van der Waals surface area contributed by atoms with Crippen molar-refractivity contribution in [2.45, 2.75) is 5.37 Å². The van der Waals surface area contributed by atoms with Crippen LogP contribution in [0.5, 0.6) is 0 Å². The van der Waals surface area contributed by atoms with Crippen molar-refractivity contribution in [2.75, 3.05) is 0 Å². The Morgan fingerprint density at radius 3 is 3.00 bits per heavy atom. The molecule has 0 aromatic heterocycles. The molecule has 1 amide bonds. The predicted molar refractivity (Wildman–Crippen MR) is 43.7 cm³/mol. The molecule has 4 nitrogen and oxygen atoms in total. The summed E-state index contributed by atoms with van der Waals surface area (Å²) in [5.41, 5.74) is 4.98. The number of thiol groups is 1. The number of carbonyl (C=O) groups excluding carboxylic acids is 1. The molecule has 10 heavy (non-hydrogen) atoms. The molecule has 3 N–H and O–H groups in total. The summed E-state index contributed by atoms with van der Waals surface area (Å²) in [5, 5.41) is 2.73. The molecular formula is C4H7N3OS2. The molecule has 1 atom stereocenters. The van der Waals surface area contributed by atoms with E-state index in [1.165, 1.54) is 17.0 Å². The molecule has 6 heteroatoms. The van der Waals surface area contributed by atoms with Crippen molar-refractivity contribution in [1.82, 2.24) is 9.84 Å². The van der Waals surface area contributed by atoms with Crippen LogP contribution in [0.15, 0.2) is 11.6 Å². The Morgan fingerprint density at radius 1 is 1.90 bits per heavy atom. The number of amides is 1. The molecule has 0 saturated carbocycles. The van der Waals surface area contributed by atoms with Gasteiger partial charge in [-0.1, -0.05) is 0 Å². The van der Waals surface area contributed by atoms with Crippen LogP contribution in [-0.2, 0) is 4.79 Å². The van der Waals surface area contributed by atoms with Crippen molar-refractivity contribution in [2.24, 2.45) is 5.73 Å². The van der Waals surface area contributed by atoms with Crippen LogP contribution in [-0.4, -0.2) is 16.3 Å². The van der Waals surface area contributed by atoms with Gasteiger partial charge in [0.2, 0.25) is 0 Å². The van der Waals surface area contributed by atoms with Crippen molar-refractivity contribution >= 4 is 30.5 Å². The van der Waals surface area contributed by atoms with E-state index in [0.29, 0.717) is 0 Å². The van der Waals surface area contributed by atoms with Crippen molar-refractivity contribution in [3.63, 3.8) is 0 Å². The number of rotatable bonds is 2. The van der Waals surface area contributed by atoms with E-state index < -0.39 is 11.3 Å². The minimum Gasteiger partial charge on any atom is -0.367 e. The highest BCUT2D eigenvalue weighted by Gasteiger charge is 2.18. The maximum atomic E-state index is 10.5. The third-order valence-corrected chi connectivity index (χ3v) is 2.04. The van der Waals surface area contributed by atoms with E-state index in [1.54, 1.807) is 11.6 Å². The molecule has 0 radical (unpaired) electrons. The smallest absolute Gasteiger partial charge is 0.251 e. The molecule has 1 rings (SSSR count). The Balaban J connectivity index is 2.48. The van der Waals surface area contributed by atoms with Gasteiger partial charge in [-0.3, -0.25) is 9.80 Å². The summed E-state index contributed by atoms with van der Waals surface area (Å²) in [6.45, 7) is 0. The molecule has 1 aliphatic heterocycles. The standard InChI is InChI=1S/C4H7N3OS2/c5-3(8)4(9)7-1-2-10-6-7/h1-2,4,6,9H,(H2,5,8). The molecule has 0 bridgehead atoms. The quantitative estimate of drug-likeness (QED) is 0.399. The van der Waals surface area contributed by atoms with E-state index >= 15 is 0 Å². The minimum atomic E-state index is -0.591. The SMILES string of the molecule is NC(=O)C(S)N1C=CSN1. The second-order valence-electron chi connectivity index (χ2n) is 1.68. The van der Waals surface area contributed by atoms with Gasteiger partial charge in [-0.2, -0.15) is 4.83 Å². The molecule has 0 spiro atoms. The zero-order chi connectivity index (χ0) is 7.56. The van der Waals surface area contributed by atoms with Gasteiger partial charge in [0.05, 0.1) is 0 Å². The third kappa shape index (κ3) is 1.59.